The summed E-state index contributed by atoms with van der Waals surface area (Å²) in [4.78, 5) is 27.1. The van der Waals surface area contributed by atoms with E-state index in [4.69, 9.17) is 11.6 Å². The molecule has 2 heterocycles. The Hall–Kier alpha value is -2.52. The SMILES string of the molecule is Cc1nn(C)c(C(=O)N2CCN(Cc3c(F)cccc3Cl)CC2)c1[N+](=O)[O-]. The number of halogens is 2. The number of benzene rings is 1. The fourth-order valence-electron chi connectivity index (χ4n) is 3.27. The first kappa shape index (κ1) is 19.2. The van der Waals surface area contributed by atoms with Crippen LogP contribution in [0, 0.1) is 22.9 Å². The highest BCUT2D eigenvalue weighted by Crippen LogP contribution is 2.25. The Morgan fingerprint density at radius 3 is 2.59 bits per heavy atom. The first-order valence-corrected chi connectivity index (χ1v) is 8.80. The lowest BCUT2D eigenvalue weighted by Gasteiger charge is -2.34. The highest BCUT2D eigenvalue weighted by Gasteiger charge is 2.33. The predicted octanol–water partition coefficient (Wildman–Crippen LogP) is 2.39. The highest BCUT2D eigenvalue weighted by atomic mass is 35.5. The zero-order valence-electron chi connectivity index (χ0n) is 15.0. The van der Waals surface area contributed by atoms with Gasteiger partial charge in [0.25, 0.3) is 5.91 Å². The number of aromatic nitrogens is 2. The lowest BCUT2D eigenvalue weighted by molar-refractivity contribution is -0.385. The molecular formula is C17H19ClFN5O3. The van der Waals surface area contributed by atoms with Gasteiger partial charge in [0.1, 0.15) is 11.5 Å². The molecular weight excluding hydrogens is 377 g/mol. The van der Waals surface area contributed by atoms with E-state index in [0.717, 1.165) is 0 Å². The molecule has 8 nitrogen and oxygen atoms in total. The molecule has 1 amide bonds. The van der Waals surface area contributed by atoms with Crippen molar-refractivity contribution in [3.8, 4) is 0 Å². The van der Waals surface area contributed by atoms with Gasteiger partial charge in [-0.05, 0) is 19.1 Å². The van der Waals surface area contributed by atoms with Crippen LogP contribution >= 0.6 is 11.6 Å². The first-order valence-electron chi connectivity index (χ1n) is 8.42. The Morgan fingerprint density at radius 1 is 1.33 bits per heavy atom. The van der Waals surface area contributed by atoms with E-state index >= 15 is 0 Å². The number of carbonyl (C=O) groups excluding carboxylic acids is 1. The van der Waals surface area contributed by atoms with Crippen molar-refractivity contribution in [3.05, 3.63) is 56.1 Å². The number of amides is 1. The molecule has 1 aliphatic rings. The molecule has 0 N–H and O–H groups in total. The summed E-state index contributed by atoms with van der Waals surface area (Å²) >= 11 is 6.07. The first-order chi connectivity index (χ1) is 12.8. The summed E-state index contributed by atoms with van der Waals surface area (Å²) in [7, 11) is 1.52. The number of carbonyl (C=O) groups is 1. The molecule has 0 radical (unpaired) electrons. The monoisotopic (exact) mass is 395 g/mol. The van der Waals surface area contributed by atoms with Crippen molar-refractivity contribution in [3.63, 3.8) is 0 Å². The minimum absolute atomic E-state index is 0.0249. The molecule has 1 aliphatic heterocycles. The average molecular weight is 396 g/mol. The molecule has 1 aromatic carbocycles. The number of nitrogens with zero attached hydrogens (tertiary/aromatic N) is 5. The summed E-state index contributed by atoms with van der Waals surface area (Å²) in [5, 5.41) is 15.7. The third-order valence-corrected chi connectivity index (χ3v) is 5.03. The Morgan fingerprint density at radius 2 is 2.00 bits per heavy atom. The summed E-state index contributed by atoms with van der Waals surface area (Å²) in [5.41, 5.74) is 0.349. The van der Waals surface area contributed by atoms with Gasteiger partial charge in [0.2, 0.25) is 5.69 Å². The van der Waals surface area contributed by atoms with Crippen LogP contribution in [0.5, 0.6) is 0 Å². The van der Waals surface area contributed by atoms with Gasteiger partial charge < -0.3 is 4.90 Å². The summed E-state index contributed by atoms with van der Waals surface area (Å²) in [6, 6.07) is 4.56. The Bertz CT molecular complexity index is 873. The van der Waals surface area contributed by atoms with Crippen molar-refractivity contribution >= 4 is 23.2 Å². The number of rotatable bonds is 4. The molecule has 144 valence electrons. The van der Waals surface area contributed by atoms with Gasteiger partial charge in [0.05, 0.1) is 4.92 Å². The second-order valence-corrected chi connectivity index (χ2v) is 6.84. The molecule has 0 atom stereocenters. The maximum atomic E-state index is 13.9. The predicted molar refractivity (Wildman–Crippen MR) is 97.2 cm³/mol. The quantitative estimate of drug-likeness (QED) is 0.586. The zero-order valence-corrected chi connectivity index (χ0v) is 15.7. The van der Waals surface area contributed by atoms with Gasteiger partial charge in [0.15, 0.2) is 0 Å². The standard InChI is InChI=1S/C17H19ClFN5O3/c1-11-15(24(26)27)16(21(2)20-11)17(25)23-8-6-22(7-9-23)10-12-13(18)4-3-5-14(12)19/h3-5H,6-10H2,1-2H3. The number of nitro groups is 1. The number of hydrogen-bond donors (Lipinski definition) is 0. The van der Waals surface area contributed by atoms with Crippen LogP contribution in [-0.2, 0) is 13.6 Å². The molecule has 27 heavy (non-hydrogen) atoms. The highest BCUT2D eigenvalue weighted by molar-refractivity contribution is 6.31. The number of hydrogen-bond acceptors (Lipinski definition) is 5. The van der Waals surface area contributed by atoms with Crippen molar-refractivity contribution in [2.75, 3.05) is 26.2 Å². The van der Waals surface area contributed by atoms with Crippen molar-refractivity contribution in [1.29, 1.82) is 0 Å². The van der Waals surface area contributed by atoms with E-state index in [1.165, 1.54) is 24.7 Å². The molecule has 1 fully saturated rings. The van der Waals surface area contributed by atoms with E-state index in [2.05, 4.69) is 5.10 Å². The number of aryl methyl sites for hydroxylation is 2. The molecule has 10 heteroatoms. The van der Waals surface area contributed by atoms with Gasteiger partial charge in [-0.2, -0.15) is 5.10 Å². The van der Waals surface area contributed by atoms with Crippen LogP contribution in [-0.4, -0.2) is 56.6 Å². The third-order valence-electron chi connectivity index (χ3n) is 4.68. The van der Waals surface area contributed by atoms with Gasteiger partial charge in [-0.1, -0.05) is 17.7 Å². The van der Waals surface area contributed by atoms with E-state index in [-0.39, 0.29) is 22.9 Å². The van der Waals surface area contributed by atoms with Crippen molar-refractivity contribution in [2.45, 2.75) is 13.5 Å². The van der Waals surface area contributed by atoms with Crippen LogP contribution in [0.15, 0.2) is 18.2 Å². The van der Waals surface area contributed by atoms with E-state index < -0.39 is 10.8 Å². The van der Waals surface area contributed by atoms with Gasteiger partial charge in [0, 0.05) is 50.4 Å². The van der Waals surface area contributed by atoms with Crippen molar-refractivity contribution in [2.24, 2.45) is 7.05 Å². The maximum Gasteiger partial charge on any atom is 0.322 e. The van der Waals surface area contributed by atoms with Crippen LogP contribution in [0.4, 0.5) is 10.1 Å². The fourth-order valence-corrected chi connectivity index (χ4v) is 3.49. The average Bonchev–Trinajstić information content (AvgIpc) is 2.92. The van der Waals surface area contributed by atoms with E-state index in [1.807, 2.05) is 4.90 Å². The second kappa shape index (κ2) is 7.61. The lowest BCUT2D eigenvalue weighted by atomic mass is 10.1. The molecule has 1 saturated heterocycles. The van der Waals surface area contributed by atoms with Crippen LogP contribution in [0.2, 0.25) is 5.02 Å². The fraction of sp³-hybridized carbons (Fsp3) is 0.412. The molecule has 1 aromatic heterocycles. The van der Waals surface area contributed by atoms with Gasteiger partial charge in [-0.25, -0.2) is 4.39 Å². The Labute approximate surface area is 160 Å². The number of piperazine rings is 1. The normalized spacial score (nSPS) is 15.2. The topological polar surface area (TPSA) is 84.5 Å². The van der Waals surface area contributed by atoms with Crippen LogP contribution in [0.3, 0.4) is 0 Å². The third kappa shape index (κ3) is 3.79. The Balaban J connectivity index is 1.70. The van der Waals surface area contributed by atoms with Gasteiger partial charge >= 0.3 is 5.69 Å². The minimum Gasteiger partial charge on any atom is -0.335 e. The molecule has 0 aliphatic carbocycles. The van der Waals surface area contributed by atoms with Gasteiger partial charge in [-0.15, -0.1) is 0 Å². The smallest absolute Gasteiger partial charge is 0.322 e. The van der Waals surface area contributed by atoms with Gasteiger partial charge in [-0.3, -0.25) is 24.5 Å². The second-order valence-electron chi connectivity index (χ2n) is 6.43. The van der Waals surface area contributed by atoms with Crippen LogP contribution in [0.1, 0.15) is 21.7 Å². The maximum absolute atomic E-state index is 13.9. The molecule has 0 saturated carbocycles. The van der Waals surface area contributed by atoms with Crippen LogP contribution in [0.25, 0.3) is 0 Å². The molecule has 3 rings (SSSR count). The molecule has 0 bridgehead atoms. The summed E-state index contributed by atoms with van der Waals surface area (Å²) in [6.07, 6.45) is 0. The summed E-state index contributed by atoms with van der Waals surface area (Å²) in [6.45, 7) is 3.64. The van der Waals surface area contributed by atoms with Crippen molar-refractivity contribution in [1.82, 2.24) is 19.6 Å². The summed E-state index contributed by atoms with van der Waals surface area (Å²) in [5.74, 6) is -0.782. The molecule has 2 aromatic rings. The molecule has 0 spiro atoms. The molecule has 0 unspecified atom stereocenters. The largest absolute Gasteiger partial charge is 0.335 e. The summed E-state index contributed by atoms with van der Waals surface area (Å²) < 4.78 is 15.2. The van der Waals surface area contributed by atoms with Crippen molar-refractivity contribution < 1.29 is 14.1 Å². The lowest BCUT2D eigenvalue weighted by Crippen LogP contribution is -2.48. The Kier molecular flexibility index (Phi) is 5.43. The minimum atomic E-state index is -0.577. The van der Waals surface area contributed by atoms with E-state index in [1.54, 1.807) is 17.0 Å². The van der Waals surface area contributed by atoms with E-state index in [0.29, 0.717) is 43.3 Å². The van der Waals surface area contributed by atoms with Crippen LogP contribution < -0.4 is 0 Å². The zero-order chi connectivity index (χ0) is 19.7. The van der Waals surface area contributed by atoms with E-state index in [9.17, 15) is 19.3 Å².